The van der Waals surface area contributed by atoms with Crippen molar-refractivity contribution in [2.75, 3.05) is 13.2 Å². The van der Waals surface area contributed by atoms with E-state index in [1.807, 2.05) is 26.0 Å². The lowest BCUT2D eigenvalue weighted by atomic mass is 9.97. The molecule has 1 atom stereocenters. The Morgan fingerprint density at radius 2 is 1.58 bits per heavy atom. The maximum atomic E-state index is 12.6. The molecule has 202 valence electrons. The van der Waals surface area contributed by atoms with Gasteiger partial charge < -0.3 is 24.1 Å². The van der Waals surface area contributed by atoms with Crippen LogP contribution in [0, 0.1) is 0 Å². The topological polar surface area (TPSA) is 91.3 Å². The zero-order valence-electron chi connectivity index (χ0n) is 22.3. The van der Waals surface area contributed by atoms with Gasteiger partial charge in [-0.15, -0.1) is 0 Å². The summed E-state index contributed by atoms with van der Waals surface area (Å²) in [6.07, 6.45) is 3.36. The molecule has 0 amide bonds. The first kappa shape index (κ1) is 28.7. The third-order valence-corrected chi connectivity index (χ3v) is 6.43. The molecule has 38 heavy (non-hydrogen) atoms. The SMILES string of the molecule is C=CC(=O)OCCCCOc1ccc(C(O)OC2=C(C)C(C)=C(OC(=O)c3ccc(CC)cc3)CC2)cc1. The largest absolute Gasteiger partial charge is 0.494 e. The van der Waals surface area contributed by atoms with Gasteiger partial charge >= 0.3 is 11.9 Å². The first-order chi connectivity index (χ1) is 18.3. The number of unbranched alkanes of at least 4 members (excludes halogenated alkanes) is 1. The van der Waals surface area contributed by atoms with Crippen LogP contribution in [0.4, 0.5) is 0 Å². The summed E-state index contributed by atoms with van der Waals surface area (Å²) in [5.41, 5.74) is 3.96. The molecule has 7 heteroatoms. The molecule has 1 aliphatic carbocycles. The Morgan fingerprint density at radius 3 is 2.24 bits per heavy atom. The number of hydrogen-bond acceptors (Lipinski definition) is 7. The quantitative estimate of drug-likeness (QED) is 0.143. The highest BCUT2D eigenvalue weighted by molar-refractivity contribution is 5.90. The fraction of sp³-hybridized carbons (Fsp3) is 0.355. The van der Waals surface area contributed by atoms with Crippen molar-refractivity contribution in [3.8, 4) is 5.75 Å². The smallest absolute Gasteiger partial charge is 0.343 e. The van der Waals surface area contributed by atoms with Crippen LogP contribution in [-0.2, 0) is 25.4 Å². The van der Waals surface area contributed by atoms with E-state index >= 15 is 0 Å². The summed E-state index contributed by atoms with van der Waals surface area (Å²) in [5.74, 6) is 1.16. The summed E-state index contributed by atoms with van der Waals surface area (Å²) in [6.45, 7) is 10.0. The van der Waals surface area contributed by atoms with Gasteiger partial charge in [0.1, 0.15) is 17.3 Å². The third-order valence-electron chi connectivity index (χ3n) is 6.43. The summed E-state index contributed by atoms with van der Waals surface area (Å²) in [4.78, 5) is 23.6. The standard InChI is InChI=1S/C31H36O7/c1-5-23-9-11-24(12-10-23)30(33)37-27-17-18-28(22(4)21(27)3)38-31(34)25-13-15-26(16-14-25)35-19-7-8-20-36-29(32)6-2/h6,9-16,31,34H,2,5,7-8,17-20H2,1,3-4H3. The fourth-order valence-electron chi connectivity index (χ4n) is 3.90. The summed E-state index contributed by atoms with van der Waals surface area (Å²) in [6, 6.07) is 14.5. The molecule has 0 radical (unpaired) electrons. The molecule has 7 nitrogen and oxygen atoms in total. The highest BCUT2D eigenvalue weighted by Gasteiger charge is 2.23. The number of aliphatic hydroxyl groups excluding tert-OH is 1. The minimum Gasteiger partial charge on any atom is -0.494 e. The molecular weight excluding hydrogens is 484 g/mol. The zero-order valence-corrected chi connectivity index (χ0v) is 22.3. The lowest BCUT2D eigenvalue weighted by Gasteiger charge is -2.24. The predicted octanol–water partition coefficient (Wildman–Crippen LogP) is 6.34. The zero-order chi connectivity index (χ0) is 27.5. The van der Waals surface area contributed by atoms with Crippen molar-refractivity contribution in [3.05, 3.63) is 101 Å². The molecule has 0 aliphatic heterocycles. The first-order valence-corrected chi connectivity index (χ1v) is 12.9. The molecule has 1 N–H and O–H groups in total. The van der Waals surface area contributed by atoms with E-state index < -0.39 is 12.3 Å². The van der Waals surface area contributed by atoms with Crippen molar-refractivity contribution in [1.82, 2.24) is 0 Å². The van der Waals surface area contributed by atoms with Gasteiger partial charge in [-0.25, -0.2) is 9.59 Å². The van der Waals surface area contributed by atoms with Crippen molar-refractivity contribution >= 4 is 11.9 Å². The molecule has 2 aromatic carbocycles. The maximum Gasteiger partial charge on any atom is 0.343 e. The van der Waals surface area contributed by atoms with E-state index in [9.17, 15) is 14.7 Å². The van der Waals surface area contributed by atoms with Gasteiger partial charge in [-0.1, -0.05) is 25.6 Å². The second kappa shape index (κ2) is 14.2. The Bertz CT molecular complexity index is 1170. The molecule has 0 saturated heterocycles. The second-order valence-corrected chi connectivity index (χ2v) is 9.00. The lowest BCUT2D eigenvalue weighted by Crippen LogP contribution is -2.13. The minimum absolute atomic E-state index is 0.331. The Labute approximate surface area is 224 Å². The summed E-state index contributed by atoms with van der Waals surface area (Å²) in [5, 5.41) is 10.7. The number of hydrogen-bond donors (Lipinski definition) is 1. The molecule has 0 aromatic heterocycles. The summed E-state index contributed by atoms with van der Waals surface area (Å²) < 4.78 is 22.2. The van der Waals surface area contributed by atoms with E-state index in [2.05, 4.69) is 13.5 Å². The highest BCUT2D eigenvalue weighted by atomic mass is 16.6. The van der Waals surface area contributed by atoms with Crippen molar-refractivity contribution in [1.29, 1.82) is 0 Å². The van der Waals surface area contributed by atoms with Crippen molar-refractivity contribution in [2.24, 2.45) is 0 Å². The van der Waals surface area contributed by atoms with Crippen molar-refractivity contribution in [2.45, 2.75) is 59.2 Å². The first-order valence-electron chi connectivity index (χ1n) is 12.9. The number of esters is 2. The van der Waals surface area contributed by atoms with E-state index in [1.54, 1.807) is 36.4 Å². The average Bonchev–Trinajstić information content (AvgIpc) is 2.94. The van der Waals surface area contributed by atoms with E-state index in [0.717, 1.165) is 35.6 Å². The average molecular weight is 521 g/mol. The number of carbonyl (C=O) groups excluding carboxylic acids is 2. The molecule has 0 bridgehead atoms. The van der Waals surface area contributed by atoms with Gasteiger partial charge in [0.25, 0.3) is 0 Å². The number of rotatable bonds is 13. The van der Waals surface area contributed by atoms with Crippen LogP contribution in [0.25, 0.3) is 0 Å². The third kappa shape index (κ3) is 8.08. The van der Waals surface area contributed by atoms with Crippen LogP contribution >= 0.6 is 0 Å². The number of aryl methyl sites for hydroxylation is 1. The van der Waals surface area contributed by atoms with Crippen LogP contribution in [-0.4, -0.2) is 30.3 Å². The molecule has 0 spiro atoms. The number of allylic oxidation sites excluding steroid dienone is 4. The van der Waals surface area contributed by atoms with Crippen molar-refractivity contribution in [3.63, 3.8) is 0 Å². The van der Waals surface area contributed by atoms with Crippen LogP contribution in [0.15, 0.2) is 83.9 Å². The van der Waals surface area contributed by atoms with Gasteiger partial charge in [-0.3, -0.25) is 0 Å². The molecule has 0 fully saturated rings. The molecule has 3 rings (SSSR count). The van der Waals surface area contributed by atoms with E-state index in [-0.39, 0.29) is 5.97 Å². The number of benzene rings is 2. The Hall–Kier alpha value is -3.84. The Morgan fingerprint density at radius 1 is 0.947 bits per heavy atom. The molecule has 2 aromatic rings. The van der Waals surface area contributed by atoms with E-state index in [4.69, 9.17) is 18.9 Å². The van der Waals surface area contributed by atoms with Crippen LogP contribution in [0.5, 0.6) is 5.75 Å². The second-order valence-electron chi connectivity index (χ2n) is 9.00. The van der Waals surface area contributed by atoms with Crippen LogP contribution in [0.2, 0.25) is 0 Å². The molecule has 1 aliphatic rings. The fourth-order valence-corrected chi connectivity index (χ4v) is 3.90. The van der Waals surface area contributed by atoms with Crippen LogP contribution < -0.4 is 4.74 Å². The monoisotopic (exact) mass is 520 g/mol. The Kier molecular flexibility index (Phi) is 10.7. The Balaban J connectivity index is 1.51. The van der Waals surface area contributed by atoms with E-state index in [1.165, 1.54) is 0 Å². The lowest BCUT2D eigenvalue weighted by molar-refractivity contribution is -0.137. The number of carbonyl (C=O) groups is 2. The van der Waals surface area contributed by atoms with Gasteiger partial charge in [0.05, 0.1) is 18.8 Å². The van der Waals surface area contributed by atoms with Crippen LogP contribution in [0.1, 0.15) is 74.2 Å². The molecule has 1 unspecified atom stereocenters. The normalized spacial score (nSPS) is 14.1. The molecule has 0 heterocycles. The number of aliphatic hydroxyl groups is 1. The van der Waals surface area contributed by atoms with Gasteiger partial charge in [0.2, 0.25) is 6.29 Å². The van der Waals surface area contributed by atoms with Gasteiger partial charge in [0, 0.05) is 24.5 Å². The van der Waals surface area contributed by atoms with Crippen molar-refractivity contribution < 1.29 is 33.6 Å². The van der Waals surface area contributed by atoms with E-state index in [0.29, 0.717) is 60.9 Å². The van der Waals surface area contributed by atoms with Gasteiger partial charge in [-0.2, -0.15) is 0 Å². The summed E-state index contributed by atoms with van der Waals surface area (Å²) >= 11 is 0. The minimum atomic E-state index is -1.14. The van der Waals surface area contributed by atoms with Gasteiger partial charge in [-0.05, 0) is 86.2 Å². The predicted molar refractivity (Wildman–Crippen MR) is 144 cm³/mol. The van der Waals surface area contributed by atoms with Gasteiger partial charge in [0.15, 0.2) is 0 Å². The highest BCUT2D eigenvalue weighted by Crippen LogP contribution is 2.34. The van der Waals surface area contributed by atoms with Crippen LogP contribution in [0.3, 0.4) is 0 Å². The molecule has 0 saturated carbocycles. The summed E-state index contributed by atoms with van der Waals surface area (Å²) in [7, 11) is 0. The molecular formula is C31H36O7. The maximum absolute atomic E-state index is 12.6. The number of ether oxygens (including phenoxy) is 4.